The van der Waals surface area contributed by atoms with E-state index in [4.69, 9.17) is 10.2 Å². The van der Waals surface area contributed by atoms with Crippen LogP contribution >= 0.6 is 0 Å². The van der Waals surface area contributed by atoms with E-state index in [1.54, 1.807) is 0 Å². The van der Waals surface area contributed by atoms with Gasteiger partial charge in [0.25, 0.3) is 0 Å². The lowest BCUT2D eigenvalue weighted by atomic mass is 10.2. The number of carboxylic acids is 2. The average Bonchev–Trinajstić information content (AvgIpc) is 2.34. The fourth-order valence-corrected chi connectivity index (χ4v) is 2.59. The molecule has 110 valence electrons. The number of sulfonamides is 1. The molecule has 0 aliphatic heterocycles. The first-order valence-electron chi connectivity index (χ1n) is 5.45. The SMILES string of the molecule is O=C(O)CCC(NS(=O)(=O)c1ccc(F)cc1)C(=O)O. The number of nitrogens with one attached hydrogen (secondary N) is 1. The third-order valence-corrected chi connectivity index (χ3v) is 3.85. The molecule has 1 rings (SSSR count). The normalized spacial score (nSPS) is 12.8. The van der Waals surface area contributed by atoms with E-state index < -0.39 is 46.7 Å². The summed E-state index contributed by atoms with van der Waals surface area (Å²) in [6.45, 7) is 0. The molecule has 0 saturated heterocycles. The second-order valence-corrected chi connectivity index (χ2v) is 5.61. The lowest BCUT2D eigenvalue weighted by Gasteiger charge is -2.13. The molecule has 3 N–H and O–H groups in total. The van der Waals surface area contributed by atoms with Crippen LogP contribution in [0.15, 0.2) is 29.2 Å². The summed E-state index contributed by atoms with van der Waals surface area (Å²) in [7, 11) is -4.16. The number of hydrogen-bond acceptors (Lipinski definition) is 4. The third-order valence-electron chi connectivity index (χ3n) is 2.37. The predicted octanol–water partition coefficient (Wildman–Crippen LogP) is 0.422. The summed E-state index contributed by atoms with van der Waals surface area (Å²) in [5, 5.41) is 17.3. The lowest BCUT2D eigenvalue weighted by Crippen LogP contribution is -2.41. The van der Waals surface area contributed by atoms with Gasteiger partial charge in [-0.3, -0.25) is 9.59 Å². The van der Waals surface area contributed by atoms with Crippen LogP contribution in [0.1, 0.15) is 12.8 Å². The van der Waals surface area contributed by atoms with Gasteiger partial charge in [-0.2, -0.15) is 4.72 Å². The lowest BCUT2D eigenvalue weighted by molar-refractivity contribution is -0.140. The fraction of sp³-hybridized carbons (Fsp3) is 0.273. The molecule has 1 aromatic rings. The van der Waals surface area contributed by atoms with Crippen molar-refractivity contribution in [1.29, 1.82) is 0 Å². The van der Waals surface area contributed by atoms with E-state index in [9.17, 15) is 22.4 Å². The Hall–Kier alpha value is -2.00. The Morgan fingerprint density at radius 1 is 1.20 bits per heavy atom. The van der Waals surface area contributed by atoms with Crippen LogP contribution in [0.5, 0.6) is 0 Å². The van der Waals surface area contributed by atoms with Crippen LogP contribution in [-0.4, -0.2) is 36.6 Å². The number of carbonyl (C=O) groups is 2. The first-order valence-corrected chi connectivity index (χ1v) is 6.93. The molecule has 0 fully saturated rings. The molecular formula is C11H12FNO6S. The van der Waals surface area contributed by atoms with Crippen molar-refractivity contribution in [2.45, 2.75) is 23.8 Å². The van der Waals surface area contributed by atoms with Gasteiger partial charge in [-0.25, -0.2) is 12.8 Å². The Balaban J connectivity index is 2.88. The van der Waals surface area contributed by atoms with Gasteiger partial charge in [-0.15, -0.1) is 0 Å². The Morgan fingerprint density at radius 2 is 1.75 bits per heavy atom. The van der Waals surface area contributed by atoms with Crippen LogP contribution in [0, 0.1) is 5.82 Å². The topological polar surface area (TPSA) is 121 Å². The molecule has 0 aromatic heterocycles. The summed E-state index contributed by atoms with van der Waals surface area (Å²) >= 11 is 0. The van der Waals surface area contributed by atoms with E-state index in [2.05, 4.69) is 0 Å². The highest BCUT2D eigenvalue weighted by Crippen LogP contribution is 2.11. The number of benzene rings is 1. The predicted molar refractivity (Wildman–Crippen MR) is 65.0 cm³/mol. The molecule has 0 aliphatic rings. The van der Waals surface area contributed by atoms with Gasteiger partial charge in [-0.05, 0) is 30.7 Å². The van der Waals surface area contributed by atoms with Crippen molar-refractivity contribution >= 4 is 22.0 Å². The fourth-order valence-electron chi connectivity index (χ4n) is 1.37. The molecule has 0 saturated carbocycles. The number of carboxylic acid groups (broad SMARTS) is 2. The standard InChI is InChI=1S/C11H12FNO6S/c12-7-1-3-8(4-2-7)20(18,19)13-9(11(16)17)5-6-10(14)15/h1-4,9,13H,5-6H2,(H,14,15)(H,16,17). The van der Waals surface area contributed by atoms with Crippen molar-refractivity contribution in [2.75, 3.05) is 0 Å². The van der Waals surface area contributed by atoms with Crippen molar-refractivity contribution in [1.82, 2.24) is 4.72 Å². The summed E-state index contributed by atoms with van der Waals surface area (Å²) in [6, 6.07) is 2.23. The number of rotatable bonds is 7. The van der Waals surface area contributed by atoms with Gasteiger partial charge >= 0.3 is 11.9 Å². The van der Waals surface area contributed by atoms with E-state index in [0.29, 0.717) is 0 Å². The molecule has 20 heavy (non-hydrogen) atoms. The molecule has 7 nitrogen and oxygen atoms in total. The highest BCUT2D eigenvalue weighted by molar-refractivity contribution is 7.89. The molecule has 9 heteroatoms. The quantitative estimate of drug-likeness (QED) is 0.671. The molecule has 0 amide bonds. The maximum atomic E-state index is 12.7. The Kier molecular flexibility index (Phi) is 5.17. The highest BCUT2D eigenvalue weighted by atomic mass is 32.2. The highest BCUT2D eigenvalue weighted by Gasteiger charge is 2.25. The largest absolute Gasteiger partial charge is 0.481 e. The van der Waals surface area contributed by atoms with Crippen LogP contribution in [-0.2, 0) is 19.6 Å². The molecular weight excluding hydrogens is 293 g/mol. The van der Waals surface area contributed by atoms with E-state index in [1.807, 2.05) is 4.72 Å². The minimum absolute atomic E-state index is 0.305. The van der Waals surface area contributed by atoms with E-state index >= 15 is 0 Å². The monoisotopic (exact) mass is 305 g/mol. The zero-order valence-electron chi connectivity index (χ0n) is 10.1. The Labute approximate surface area is 114 Å². The van der Waals surface area contributed by atoms with Gasteiger partial charge in [0.2, 0.25) is 10.0 Å². The first kappa shape index (κ1) is 16.1. The van der Waals surface area contributed by atoms with Gasteiger partial charge in [-0.1, -0.05) is 0 Å². The molecule has 1 aromatic carbocycles. The first-order chi connectivity index (χ1) is 9.22. The van der Waals surface area contributed by atoms with E-state index in [-0.39, 0.29) is 4.90 Å². The minimum Gasteiger partial charge on any atom is -0.481 e. The van der Waals surface area contributed by atoms with Crippen LogP contribution in [0.2, 0.25) is 0 Å². The number of halogens is 1. The average molecular weight is 305 g/mol. The third kappa shape index (κ3) is 4.59. The summed E-state index contributed by atoms with van der Waals surface area (Å²) in [6.07, 6.45) is -0.895. The maximum absolute atomic E-state index is 12.7. The minimum atomic E-state index is -4.16. The molecule has 0 aliphatic carbocycles. The second kappa shape index (κ2) is 6.44. The van der Waals surface area contributed by atoms with Gasteiger partial charge < -0.3 is 10.2 Å². The van der Waals surface area contributed by atoms with Crippen molar-refractivity contribution in [2.24, 2.45) is 0 Å². The summed E-state index contributed by atoms with van der Waals surface area (Å²) in [5.41, 5.74) is 0. The molecule has 0 spiro atoms. The number of aliphatic carboxylic acids is 2. The Bertz CT molecular complexity index is 598. The van der Waals surface area contributed by atoms with Crippen molar-refractivity contribution in [3.8, 4) is 0 Å². The van der Waals surface area contributed by atoms with Gasteiger partial charge in [0.1, 0.15) is 11.9 Å². The van der Waals surface area contributed by atoms with E-state index in [1.165, 1.54) is 0 Å². The van der Waals surface area contributed by atoms with Crippen LogP contribution < -0.4 is 4.72 Å². The van der Waals surface area contributed by atoms with Crippen molar-refractivity contribution < 1.29 is 32.6 Å². The van der Waals surface area contributed by atoms with Crippen LogP contribution in [0.25, 0.3) is 0 Å². The van der Waals surface area contributed by atoms with Gasteiger partial charge in [0.05, 0.1) is 4.90 Å². The second-order valence-electron chi connectivity index (χ2n) is 3.90. The Morgan fingerprint density at radius 3 is 2.20 bits per heavy atom. The summed E-state index contributed by atoms with van der Waals surface area (Å²) < 4.78 is 38.3. The molecule has 1 unspecified atom stereocenters. The number of hydrogen-bond donors (Lipinski definition) is 3. The maximum Gasteiger partial charge on any atom is 0.321 e. The zero-order chi connectivity index (χ0) is 15.3. The molecule has 0 heterocycles. The van der Waals surface area contributed by atoms with Crippen LogP contribution in [0.4, 0.5) is 4.39 Å². The summed E-state index contributed by atoms with van der Waals surface area (Å²) in [5.74, 6) is -3.36. The van der Waals surface area contributed by atoms with Crippen molar-refractivity contribution in [3.63, 3.8) is 0 Å². The summed E-state index contributed by atoms with van der Waals surface area (Å²) in [4.78, 5) is 21.0. The van der Waals surface area contributed by atoms with Gasteiger partial charge in [0, 0.05) is 6.42 Å². The van der Waals surface area contributed by atoms with Crippen molar-refractivity contribution in [3.05, 3.63) is 30.1 Å². The molecule has 0 radical (unpaired) electrons. The zero-order valence-corrected chi connectivity index (χ0v) is 10.9. The molecule has 1 atom stereocenters. The molecule has 0 bridgehead atoms. The smallest absolute Gasteiger partial charge is 0.321 e. The van der Waals surface area contributed by atoms with Gasteiger partial charge in [0.15, 0.2) is 0 Å². The van der Waals surface area contributed by atoms with E-state index in [0.717, 1.165) is 24.3 Å². The van der Waals surface area contributed by atoms with Crippen LogP contribution in [0.3, 0.4) is 0 Å².